The van der Waals surface area contributed by atoms with E-state index in [9.17, 15) is 0 Å². The molecule has 0 N–H and O–H groups in total. The van der Waals surface area contributed by atoms with Gasteiger partial charge in [-0.25, -0.2) is 4.68 Å². The Morgan fingerprint density at radius 3 is 1.59 bits per heavy atom. The van der Waals surface area contributed by atoms with Crippen molar-refractivity contribution < 1.29 is 4.42 Å². The Kier molecular flexibility index (Phi) is 5.05. The first-order valence-electron chi connectivity index (χ1n) is 11.1. The second kappa shape index (κ2) is 8.64. The maximum atomic E-state index is 5.91. The van der Waals surface area contributed by atoms with Crippen molar-refractivity contribution in [3.63, 3.8) is 0 Å². The molecular weight excluding hydrogens is 420 g/mol. The van der Waals surface area contributed by atoms with Crippen molar-refractivity contribution >= 4 is 0 Å². The van der Waals surface area contributed by atoms with E-state index in [-0.39, 0.29) is 0 Å². The van der Waals surface area contributed by atoms with E-state index in [1.807, 2.05) is 95.7 Å². The van der Waals surface area contributed by atoms with Crippen LogP contribution < -0.4 is 0 Å². The lowest BCUT2D eigenvalue weighted by Gasteiger charge is -2.08. The van der Waals surface area contributed by atoms with Crippen molar-refractivity contribution in [1.29, 1.82) is 0 Å². The molecule has 2 aromatic heterocycles. The fraction of sp³-hybridized carbons (Fsp3) is 0. The normalized spacial score (nSPS) is 10.9. The lowest BCUT2D eigenvalue weighted by Crippen LogP contribution is -1.99. The standard InChI is InChI=1S/C29H20N4O/c1-4-10-21(11-5-1)26-20-27(22-12-6-2-7-13-22)33(32-26)25-18-16-24(17-19-25)29-31-30-28(34-29)23-14-8-3-9-15-23/h1-20H. The number of rotatable bonds is 5. The highest BCUT2D eigenvalue weighted by Crippen LogP contribution is 2.30. The summed E-state index contributed by atoms with van der Waals surface area (Å²) in [5.74, 6) is 0.991. The zero-order valence-electron chi connectivity index (χ0n) is 18.2. The summed E-state index contributed by atoms with van der Waals surface area (Å²) in [6, 6.07) is 40.4. The van der Waals surface area contributed by atoms with Crippen molar-refractivity contribution in [3.05, 3.63) is 121 Å². The van der Waals surface area contributed by atoms with Crippen molar-refractivity contribution in [1.82, 2.24) is 20.0 Å². The molecule has 0 amide bonds. The van der Waals surface area contributed by atoms with Gasteiger partial charge in [0.25, 0.3) is 0 Å². The highest BCUT2D eigenvalue weighted by atomic mass is 16.4. The van der Waals surface area contributed by atoms with Gasteiger partial charge in [0.15, 0.2) is 0 Å². The maximum absolute atomic E-state index is 5.91. The highest BCUT2D eigenvalue weighted by Gasteiger charge is 2.14. The molecule has 5 heteroatoms. The third-order valence-corrected chi connectivity index (χ3v) is 5.65. The number of aromatic nitrogens is 4. The van der Waals surface area contributed by atoms with Crippen molar-refractivity contribution in [2.45, 2.75) is 0 Å². The molecule has 0 saturated carbocycles. The number of benzene rings is 4. The number of hydrogen-bond donors (Lipinski definition) is 0. The lowest BCUT2D eigenvalue weighted by molar-refractivity contribution is 0.584. The van der Waals surface area contributed by atoms with Gasteiger partial charge < -0.3 is 4.42 Å². The first-order valence-corrected chi connectivity index (χ1v) is 11.1. The molecule has 0 aliphatic heterocycles. The molecular formula is C29H20N4O. The van der Waals surface area contributed by atoms with Crippen LogP contribution in [-0.4, -0.2) is 20.0 Å². The fourth-order valence-corrected chi connectivity index (χ4v) is 3.92. The molecule has 0 aliphatic rings. The Bertz CT molecular complexity index is 1520. The molecule has 0 spiro atoms. The Balaban J connectivity index is 1.37. The first-order chi connectivity index (χ1) is 16.8. The van der Waals surface area contributed by atoms with Gasteiger partial charge in [-0.3, -0.25) is 0 Å². The van der Waals surface area contributed by atoms with Gasteiger partial charge >= 0.3 is 0 Å². The summed E-state index contributed by atoms with van der Waals surface area (Å²) in [6.07, 6.45) is 0. The third-order valence-electron chi connectivity index (χ3n) is 5.65. The molecule has 0 unspecified atom stereocenters. The summed E-state index contributed by atoms with van der Waals surface area (Å²) in [4.78, 5) is 0. The average molecular weight is 441 g/mol. The summed E-state index contributed by atoms with van der Waals surface area (Å²) in [5.41, 5.74) is 6.84. The first kappa shape index (κ1) is 19.9. The summed E-state index contributed by atoms with van der Waals surface area (Å²) < 4.78 is 7.89. The van der Waals surface area contributed by atoms with Crippen molar-refractivity contribution in [2.75, 3.05) is 0 Å². The summed E-state index contributed by atoms with van der Waals surface area (Å²) in [5, 5.41) is 13.4. The van der Waals surface area contributed by atoms with Gasteiger partial charge in [-0.15, -0.1) is 10.2 Å². The molecule has 0 aliphatic carbocycles. The van der Waals surface area contributed by atoms with Crippen LogP contribution in [0.3, 0.4) is 0 Å². The largest absolute Gasteiger partial charge is 0.416 e. The zero-order valence-corrected chi connectivity index (χ0v) is 18.2. The number of nitrogens with zero attached hydrogens (tertiary/aromatic N) is 4. The van der Waals surface area contributed by atoms with E-state index in [0.717, 1.165) is 39.3 Å². The molecule has 0 bridgehead atoms. The van der Waals surface area contributed by atoms with E-state index in [0.29, 0.717) is 11.8 Å². The average Bonchev–Trinajstić information content (AvgIpc) is 3.59. The Labute approximate surface area is 197 Å². The Hall–Kier alpha value is -4.77. The van der Waals surface area contributed by atoms with E-state index in [2.05, 4.69) is 40.5 Å². The van der Waals surface area contributed by atoms with Crippen LogP contribution in [0.1, 0.15) is 0 Å². The molecule has 4 aromatic carbocycles. The Morgan fingerprint density at radius 1 is 0.500 bits per heavy atom. The van der Waals surface area contributed by atoms with Crippen LogP contribution in [0.4, 0.5) is 0 Å². The number of hydrogen-bond acceptors (Lipinski definition) is 4. The van der Waals surface area contributed by atoms with Gasteiger partial charge in [-0.05, 0) is 42.5 Å². The maximum Gasteiger partial charge on any atom is 0.248 e. The fourth-order valence-electron chi connectivity index (χ4n) is 3.92. The molecule has 6 rings (SSSR count). The predicted molar refractivity (Wildman–Crippen MR) is 133 cm³/mol. The van der Waals surface area contributed by atoms with Gasteiger partial charge in [0, 0.05) is 22.3 Å². The van der Waals surface area contributed by atoms with Gasteiger partial charge in [0.2, 0.25) is 11.8 Å². The minimum absolute atomic E-state index is 0.485. The van der Waals surface area contributed by atoms with Crippen molar-refractivity contribution in [2.24, 2.45) is 0 Å². The van der Waals surface area contributed by atoms with E-state index >= 15 is 0 Å². The quantitative estimate of drug-likeness (QED) is 0.292. The second-order valence-electron chi connectivity index (χ2n) is 7.88. The molecule has 5 nitrogen and oxygen atoms in total. The topological polar surface area (TPSA) is 56.7 Å². The van der Waals surface area contributed by atoms with Crippen LogP contribution in [-0.2, 0) is 0 Å². The summed E-state index contributed by atoms with van der Waals surface area (Å²) >= 11 is 0. The van der Waals surface area contributed by atoms with Gasteiger partial charge in [0.1, 0.15) is 0 Å². The molecule has 0 atom stereocenters. The van der Waals surface area contributed by atoms with E-state index in [1.54, 1.807) is 0 Å². The zero-order chi connectivity index (χ0) is 22.7. The summed E-state index contributed by atoms with van der Waals surface area (Å²) in [7, 11) is 0. The molecule has 0 radical (unpaired) electrons. The molecule has 6 aromatic rings. The minimum atomic E-state index is 0.485. The van der Waals surface area contributed by atoms with Gasteiger partial charge in [-0.1, -0.05) is 78.9 Å². The lowest BCUT2D eigenvalue weighted by atomic mass is 10.1. The van der Waals surface area contributed by atoms with E-state index in [1.165, 1.54) is 0 Å². The predicted octanol–water partition coefficient (Wildman–Crippen LogP) is 6.92. The molecule has 0 fully saturated rings. The van der Waals surface area contributed by atoms with Gasteiger partial charge in [0.05, 0.1) is 17.1 Å². The van der Waals surface area contributed by atoms with E-state index in [4.69, 9.17) is 9.52 Å². The molecule has 162 valence electrons. The van der Waals surface area contributed by atoms with Crippen LogP contribution in [0.2, 0.25) is 0 Å². The monoisotopic (exact) mass is 440 g/mol. The van der Waals surface area contributed by atoms with Crippen LogP contribution in [0, 0.1) is 0 Å². The van der Waals surface area contributed by atoms with Crippen LogP contribution in [0.5, 0.6) is 0 Å². The Morgan fingerprint density at radius 2 is 1.00 bits per heavy atom. The minimum Gasteiger partial charge on any atom is -0.416 e. The van der Waals surface area contributed by atoms with Crippen molar-refractivity contribution in [3.8, 4) is 51.1 Å². The third kappa shape index (κ3) is 3.80. The van der Waals surface area contributed by atoms with Gasteiger partial charge in [-0.2, -0.15) is 5.10 Å². The SMILES string of the molecule is c1ccc(-c2cc(-c3ccccc3)n(-c3ccc(-c4nnc(-c5ccccc5)o4)cc3)n2)cc1. The molecule has 0 saturated heterocycles. The molecule has 2 heterocycles. The highest BCUT2D eigenvalue weighted by molar-refractivity contribution is 5.71. The summed E-state index contributed by atoms with van der Waals surface area (Å²) in [6.45, 7) is 0. The van der Waals surface area contributed by atoms with E-state index < -0.39 is 0 Å². The van der Waals surface area contributed by atoms with Crippen LogP contribution in [0.25, 0.3) is 51.1 Å². The molecule has 34 heavy (non-hydrogen) atoms. The van der Waals surface area contributed by atoms with Crippen LogP contribution >= 0.6 is 0 Å². The second-order valence-corrected chi connectivity index (χ2v) is 7.88. The smallest absolute Gasteiger partial charge is 0.248 e. The van der Waals surface area contributed by atoms with Crippen LogP contribution in [0.15, 0.2) is 126 Å².